The van der Waals surface area contributed by atoms with Crippen LogP contribution in [0.3, 0.4) is 0 Å². The Labute approximate surface area is 450 Å². The number of hydrogen-bond donors (Lipinski definition) is 4. The minimum Gasteiger partial charge on any atom is -0.491 e. The van der Waals surface area contributed by atoms with Crippen molar-refractivity contribution in [1.29, 1.82) is 0 Å². The number of ether oxygens (including phenoxy) is 5. The molecule has 1 saturated carbocycles. The summed E-state index contributed by atoms with van der Waals surface area (Å²) in [4.78, 5) is 85.6. The number of urea groups is 1. The molecule has 0 bridgehead atoms. The van der Waals surface area contributed by atoms with Crippen LogP contribution in [0, 0.1) is 5.92 Å². The van der Waals surface area contributed by atoms with Crippen molar-refractivity contribution in [3.8, 4) is 5.75 Å². The number of carbonyl (C=O) groups is 6. The van der Waals surface area contributed by atoms with Crippen LogP contribution >= 0.6 is 0 Å². The molecule has 1 aliphatic carbocycles. The fraction of sp³-hybridized carbons (Fsp3) is 0.727. The first-order valence-electron chi connectivity index (χ1n) is 27.0. The first kappa shape index (κ1) is 62.7. The Balaban J connectivity index is 1.28. The van der Waals surface area contributed by atoms with Crippen molar-refractivity contribution in [2.45, 2.75) is 220 Å². The number of nitrogens with one attached hydrogen (secondary N) is 3. The van der Waals surface area contributed by atoms with Gasteiger partial charge < -0.3 is 49.9 Å². The molecule has 76 heavy (non-hydrogen) atoms. The van der Waals surface area contributed by atoms with E-state index in [1.807, 2.05) is 54.6 Å². The average Bonchev–Trinajstić information content (AvgIpc) is 3.62. The Hall–Kier alpha value is -5.83. The molecule has 3 amide bonds. The van der Waals surface area contributed by atoms with E-state index in [1.165, 1.54) is 0 Å². The van der Waals surface area contributed by atoms with Crippen LogP contribution in [0.1, 0.15) is 166 Å². The lowest BCUT2D eigenvalue weighted by molar-refractivity contribution is -0.159. The van der Waals surface area contributed by atoms with Crippen LogP contribution in [0.2, 0.25) is 0 Å². The zero-order chi connectivity index (χ0) is 56.5. The van der Waals surface area contributed by atoms with E-state index in [1.54, 1.807) is 74.7 Å². The summed E-state index contributed by atoms with van der Waals surface area (Å²) in [6.07, 6.45) is 8.08. The molecule has 2 aromatic rings. The number of esters is 4. The molecule has 21 heteroatoms. The van der Waals surface area contributed by atoms with Gasteiger partial charge >= 0.3 is 29.9 Å². The van der Waals surface area contributed by atoms with Crippen molar-refractivity contribution >= 4 is 35.8 Å². The molecule has 1 fully saturated rings. The van der Waals surface area contributed by atoms with E-state index >= 15 is 0 Å². The highest BCUT2D eigenvalue weighted by Gasteiger charge is 2.62. The van der Waals surface area contributed by atoms with Crippen LogP contribution in [0.4, 0.5) is 4.79 Å². The molecule has 1 aromatic heterocycles. The smallest absolute Gasteiger partial charge is 0.332 e. The topological polar surface area (TPSA) is 260 Å². The lowest BCUT2D eigenvalue weighted by Gasteiger charge is -2.27. The summed E-state index contributed by atoms with van der Waals surface area (Å²) in [5.74, 6) is -1.09. The van der Waals surface area contributed by atoms with E-state index in [2.05, 4.69) is 43.1 Å². The second-order valence-corrected chi connectivity index (χ2v) is 24.0. The third kappa shape index (κ3) is 22.8. The van der Waals surface area contributed by atoms with E-state index in [0.717, 1.165) is 42.9 Å². The Morgan fingerprint density at radius 1 is 0.803 bits per heavy atom. The molecule has 0 radical (unpaired) electrons. The highest BCUT2D eigenvalue weighted by molar-refractivity contribution is 5.92. The lowest BCUT2D eigenvalue weighted by atomic mass is 10.1. The molecule has 0 spiro atoms. The largest absolute Gasteiger partial charge is 0.491 e. The third-order valence-electron chi connectivity index (χ3n) is 12.3. The number of carbonyl (C=O) groups excluding carboxylic acids is 6. The van der Waals surface area contributed by atoms with Crippen LogP contribution in [-0.4, -0.2) is 134 Å². The second-order valence-electron chi connectivity index (χ2n) is 24.0. The number of imidazole rings is 1. The van der Waals surface area contributed by atoms with Gasteiger partial charge in [-0.15, -0.1) is 0 Å². The summed E-state index contributed by atoms with van der Waals surface area (Å²) in [7, 11) is 0. The summed E-state index contributed by atoms with van der Waals surface area (Å²) in [5, 5.41) is 19.1. The SMILES string of the molecule is CC1C(COc2ccc(CN(CCCCCC(=O)NCCCC3CC3(NC(=O)N[C@@H](CCC(=O)OC(C)(C)C)C(=O)OC(C)(C)C)C(=O)OC(C)(C)C)Cc3nccn3CC(=O)OC(C)(C)C)cc2)N=NN1CCCN. The van der Waals surface area contributed by atoms with Gasteiger partial charge in [0.25, 0.3) is 0 Å². The van der Waals surface area contributed by atoms with E-state index in [4.69, 9.17) is 29.4 Å². The Morgan fingerprint density at radius 2 is 1.46 bits per heavy atom. The molecule has 2 aliphatic rings. The lowest BCUT2D eigenvalue weighted by Crippen LogP contribution is -2.55. The van der Waals surface area contributed by atoms with Gasteiger partial charge in [-0.1, -0.05) is 23.8 Å². The number of nitrogens with two attached hydrogens (primary N) is 1. The summed E-state index contributed by atoms with van der Waals surface area (Å²) in [6, 6.07) is 6.08. The van der Waals surface area contributed by atoms with E-state index in [0.29, 0.717) is 71.4 Å². The summed E-state index contributed by atoms with van der Waals surface area (Å²) >= 11 is 0. The van der Waals surface area contributed by atoms with Crippen molar-refractivity contribution in [1.82, 2.24) is 35.4 Å². The average molecular weight is 1070 g/mol. The quantitative estimate of drug-likeness (QED) is 0.0360. The van der Waals surface area contributed by atoms with Crippen LogP contribution < -0.4 is 26.4 Å². The fourth-order valence-corrected chi connectivity index (χ4v) is 8.51. The zero-order valence-electron chi connectivity index (χ0n) is 47.8. The minimum absolute atomic E-state index is 0.0442. The predicted octanol–water partition coefficient (Wildman–Crippen LogP) is 7.08. The molecular weight excluding hydrogens is 977 g/mol. The molecular formula is C55H90N10O11. The number of unbranched alkanes of at least 4 members (excludes halogenated alkanes) is 2. The van der Waals surface area contributed by atoms with Gasteiger partial charge in [-0.3, -0.25) is 24.3 Å². The molecule has 5 N–H and O–H groups in total. The first-order valence-corrected chi connectivity index (χ1v) is 27.0. The Kier molecular flexibility index (Phi) is 23.1. The molecule has 21 nitrogen and oxygen atoms in total. The first-order chi connectivity index (χ1) is 35.4. The normalized spacial score (nSPS) is 18.9. The molecule has 2 heterocycles. The van der Waals surface area contributed by atoms with Gasteiger partial charge in [0.05, 0.1) is 12.6 Å². The molecule has 1 aliphatic heterocycles. The summed E-state index contributed by atoms with van der Waals surface area (Å²) in [6.45, 7) is 27.2. The van der Waals surface area contributed by atoms with Gasteiger partial charge in [0.15, 0.2) is 0 Å². The number of rotatable bonds is 29. The van der Waals surface area contributed by atoms with Gasteiger partial charge in [-0.25, -0.2) is 19.4 Å². The zero-order valence-corrected chi connectivity index (χ0v) is 47.8. The standard InChI is InChI=1S/C55H90N10O11/c1-38-43(61-62-65(38)31-18-27-56)37-72-41-23-21-39(22-24-41)34-63(35-44-57-29-32-64(44)36-47(68)74-52(5,6)7)30-16-14-15-20-45(66)58-28-17-19-40-33-55(40,49(70)76-54(11,12)13)60-50(71)59-42(48(69)75-53(8,9)10)25-26-46(67)73-51(2,3)4/h21-24,29,32,38,40,42-43H,14-20,25-28,30-31,33-37,56H2,1-13H3,(H,58,66)(H2,59,60,71)/t38?,40?,42-,43?,55?/m0/s1. The van der Waals surface area contributed by atoms with E-state index < -0.39 is 57.9 Å². The van der Waals surface area contributed by atoms with Crippen LogP contribution in [-0.2, 0) is 62.6 Å². The van der Waals surface area contributed by atoms with Crippen LogP contribution in [0.15, 0.2) is 47.0 Å². The predicted molar refractivity (Wildman–Crippen MR) is 286 cm³/mol. The van der Waals surface area contributed by atoms with E-state index in [-0.39, 0.29) is 49.3 Å². The van der Waals surface area contributed by atoms with Crippen LogP contribution in [0.5, 0.6) is 5.75 Å². The van der Waals surface area contributed by atoms with Crippen molar-refractivity contribution in [2.75, 3.05) is 32.8 Å². The molecule has 4 rings (SSSR count). The molecule has 4 unspecified atom stereocenters. The highest BCUT2D eigenvalue weighted by atomic mass is 16.6. The molecule has 426 valence electrons. The summed E-state index contributed by atoms with van der Waals surface area (Å²) in [5.41, 5.74) is 2.38. The molecule has 5 atom stereocenters. The number of benzene rings is 1. The maximum absolute atomic E-state index is 13.6. The highest BCUT2D eigenvalue weighted by Crippen LogP contribution is 2.48. The van der Waals surface area contributed by atoms with Gasteiger partial charge in [0.1, 0.15) is 64.8 Å². The maximum Gasteiger partial charge on any atom is 0.332 e. The van der Waals surface area contributed by atoms with Gasteiger partial charge in [0, 0.05) is 44.9 Å². The third-order valence-corrected chi connectivity index (χ3v) is 12.3. The Morgan fingerprint density at radius 3 is 2.11 bits per heavy atom. The van der Waals surface area contributed by atoms with Crippen molar-refractivity contribution in [2.24, 2.45) is 22.0 Å². The van der Waals surface area contributed by atoms with Crippen LogP contribution in [0.25, 0.3) is 0 Å². The van der Waals surface area contributed by atoms with Crippen molar-refractivity contribution in [3.05, 3.63) is 48.0 Å². The molecule has 0 saturated heterocycles. The number of hydrogen-bond acceptors (Lipinski definition) is 17. The minimum atomic E-state index is -1.34. The number of amides is 3. The number of nitrogens with zero attached hydrogens (tertiary/aromatic N) is 6. The monoisotopic (exact) mass is 1070 g/mol. The van der Waals surface area contributed by atoms with Gasteiger partial charge in [-0.2, -0.15) is 5.11 Å². The molecule has 1 aromatic carbocycles. The number of aromatic nitrogens is 2. The van der Waals surface area contributed by atoms with E-state index in [9.17, 15) is 28.8 Å². The Bertz CT molecular complexity index is 2240. The van der Waals surface area contributed by atoms with Crippen molar-refractivity contribution in [3.63, 3.8) is 0 Å². The second kappa shape index (κ2) is 28.0. The maximum atomic E-state index is 13.6. The van der Waals surface area contributed by atoms with Crippen molar-refractivity contribution < 1.29 is 52.5 Å². The summed E-state index contributed by atoms with van der Waals surface area (Å²) < 4.78 is 30.2. The fourth-order valence-electron chi connectivity index (χ4n) is 8.51. The van der Waals surface area contributed by atoms with Gasteiger partial charge in [-0.05, 0) is 172 Å². The van der Waals surface area contributed by atoms with Gasteiger partial charge in [0.2, 0.25) is 5.91 Å².